The number of nitrogens with one attached hydrogen (secondary N) is 2. The molecule has 0 saturated carbocycles. The van der Waals surface area contributed by atoms with Gasteiger partial charge in [-0.3, -0.25) is 0 Å². The van der Waals surface area contributed by atoms with Crippen LogP contribution in [0.3, 0.4) is 0 Å². The minimum absolute atomic E-state index is 0.0724. The summed E-state index contributed by atoms with van der Waals surface area (Å²) in [5.74, 6) is 0. The van der Waals surface area contributed by atoms with Gasteiger partial charge >= 0.3 is 6.03 Å². The molecule has 2 N–H and O–H groups in total. The minimum Gasteiger partial charge on any atom is -0.337 e. The van der Waals surface area contributed by atoms with E-state index >= 15 is 0 Å². The zero-order valence-corrected chi connectivity index (χ0v) is 13.9. The highest BCUT2D eigenvalue weighted by molar-refractivity contribution is 7.92. The highest BCUT2D eigenvalue weighted by atomic mass is 32.2. The van der Waals surface area contributed by atoms with Crippen molar-refractivity contribution in [2.45, 2.75) is 24.5 Å². The fourth-order valence-electron chi connectivity index (χ4n) is 1.93. The molecular weight excluding hydrogens is 322 g/mol. The molecule has 0 aliphatic heterocycles. The standard InChI is InChI=1S/C14H17N3O3S2/c1-10-13(21-11(2)16-10)22(19,20)17-14(18)15-9-8-12-6-4-3-5-7-12/h3-7H,8-9H2,1-2H3,(H2,15,17,18). The van der Waals surface area contributed by atoms with Crippen molar-refractivity contribution < 1.29 is 13.2 Å². The summed E-state index contributed by atoms with van der Waals surface area (Å²) in [7, 11) is -3.87. The number of benzene rings is 1. The minimum atomic E-state index is -3.87. The fraction of sp³-hybridized carbons (Fsp3) is 0.286. The molecule has 0 bridgehead atoms. The third-order valence-electron chi connectivity index (χ3n) is 2.87. The molecular formula is C14H17N3O3S2. The van der Waals surface area contributed by atoms with E-state index in [-0.39, 0.29) is 4.21 Å². The summed E-state index contributed by atoms with van der Waals surface area (Å²) >= 11 is 1.04. The van der Waals surface area contributed by atoms with Crippen molar-refractivity contribution in [2.75, 3.05) is 6.54 Å². The van der Waals surface area contributed by atoms with Crippen LogP contribution in [0.2, 0.25) is 0 Å². The maximum absolute atomic E-state index is 12.1. The number of carbonyl (C=O) groups excluding carboxylic acids is 1. The van der Waals surface area contributed by atoms with E-state index in [4.69, 9.17) is 0 Å². The second kappa shape index (κ2) is 6.89. The SMILES string of the molecule is Cc1nc(C)c(S(=O)(=O)NC(=O)NCCc2ccccc2)s1. The van der Waals surface area contributed by atoms with Gasteiger partial charge in [-0.15, -0.1) is 11.3 Å². The van der Waals surface area contributed by atoms with Gasteiger partial charge in [0.25, 0.3) is 10.0 Å². The van der Waals surface area contributed by atoms with E-state index in [1.165, 1.54) is 0 Å². The molecule has 118 valence electrons. The number of rotatable bonds is 5. The Bertz CT molecular complexity index is 755. The van der Waals surface area contributed by atoms with Crippen LogP contribution in [0.4, 0.5) is 4.79 Å². The highest BCUT2D eigenvalue weighted by Gasteiger charge is 2.23. The predicted molar refractivity (Wildman–Crippen MR) is 85.5 cm³/mol. The number of aromatic nitrogens is 1. The van der Waals surface area contributed by atoms with Gasteiger partial charge in [-0.1, -0.05) is 30.3 Å². The quantitative estimate of drug-likeness (QED) is 0.872. The van der Waals surface area contributed by atoms with Gasteiger partial charge in [-0.2, -0.15) is 0 Å². The Morgan fingerprint density at radius 2 is 1.91 bits per heavy atom. The number of urea groups is 1. The van der Waals surface area contributed by atoms with Crippen molar-refractivity contribution in [2.24, 2.45) is 0 Å². The van der Waals surface area contributed by atoms with Gasteiger partial charge in [0.05, 0.1) is 10.7 Å². The Balaban J connectivity index is 1.90. The van der Waals surface area contributed by atoms with E-state index in [1.807, 2.05) is 35.1 Å². The molecule has 2 aromatic rings. The monoisotopic (exact) mass is 339 g/mol. The summed E-state index contributed by atoms with van der Waals surface area (Å²) in [5.41, 5.74) is 1.46. The van der Waals surface area contributed by atoms with Gasteiger partial charge in [-0.25, -0.2) is 22.9 Å². The fourth-order valence-corrected chi connectivity index (χ4v) is 4.34. The molecule has 0 aliphatic carbocycles. The lowest BCUT2D eigenvalue weighted by atomic mass is 10.1. The number of thiazole rings is 1. The summed E-state index contributed by atoms with van der Waals surface area (Å²) in [6, 6.07) is 8.89. The largest absolute Gasteiger partial charge is 0.337 e. The van der Waals surface area contributed by atoms with Crippen LogP contribution >= 0.6 is 11.3 Å². The van der Waals surface area contributed by atoms with Crippen LogP contribution in [0.25, 0.3) is 0 Å². The lowest BCUT2D eigenvalue weighted by molar-refractivity contribution is 0.246. The molecule has 8 heteroatoms. The molecule has 0 radical (unpaired) electrons. The molecule has 1 aromatic heterocycles. The van der Waals surface area contributed by atoms with Crippen LogP contribution < -0.4 is 10.0 Å². The molecule has 1 aromatic carbocycles. The van der Waals surface area contributed by atoms with E-state index in [1.54, 1.807) is 13.8 Å². The van der Waals surface area contributed by atoms with Crippen LogP contribution in [0.1, 0.15) is 16.3 Å². The first-order chi connectivity index (χ1) is 10.4. The number of carbonyl (C=O) groups is 1. The van der Waals surface area contributed by atoms with Crippen molar-refractivity contribution in [3.05, 3.63) is 46.6 Å². The Hall–Kier alpha value is -1.93. The predicted octanol–water partition coefficient (Wildman–Crippen LogP) is 1.99. The van der Waals surface area contributed by atoms with E-state index < -0.39 is 16.1 Å². The third kappa shape index (κ3) is 4.28. The molecule has 2 amide bonds. The van der Waals surface area contributed by atoms with E-state index in [2.05, 4.69) is 10.3 Å². The summed E-state index contributed by atoms with van der Waals surface area (Å²) < 4.78 is 26.3. The lowest BCUT2D eigenvalue weighted by Crippen LogP contribution is -2.40. The topological polar surface area (TPSA) is 88.2 Å². The van der Waals surface area contributed by atoms with E-state index in [0.717, 1.165) is 16.9 Å². The molecule has 22 heavy (non-hydrogen) atoms. The molecule has 0 saturated heterocycles. The van der Waals surface area contributed by atoms with Crippen molar-refractivity contribution in [3.8, 4) is 0 Å². The lowest BCUT2D eigenvalue weighted by Gasteiger charge is -2.07. The van der Waals surface area contributed by atoms with Gasteiger partial charge in [-0.05, 0) is 25.8 Å². The zero-order valence-electron chi connectivity index (χ0n) is 12.3. The van der Waals surface area contributed by atoms with E-state index in [9.17, 15) is 13.2 Å². The normalized spacial score (nSPS) is 11.2. The van der Waals surface area contributed by atoms with Gasteiger partial charge in [0.2, 0.25) is 0 Å². The van der Waals surface area contributed by atoms with Gasteiger partial charge in [0.1, 0.15) is 0 Å². The van der Waals surface area contributed by atoms with Crippen molar-refractivity contribution in [3.63, 3.8) is 0 Å². The Labute approximate surface area is 133 Å². The Kier molecular flexibility index (Phi) is 5.15. The Morgan fingerprint density at radius 3 is 2.50 bits per heavy atom. The molecule has 1 heterocycles. The smallest absolute Gasteiger partial charge is 0.328 e. The number of amides is 2. The third-order valence-corrected chi connectivity index (χ3v) is 5.89. The van der Waals surface area contributed by atoms with Crippen LogP contribution in [-0.2, 0) is 16.4 Å². The number of nitrogens with zero attached hydrogens (tertiary/aromatic N) is 1. The second-order valence-corrected chi connectivity index (χ2v) is 7.78. The zero-order chi connectivity index (χ0) is 16.2. The molecule has 0 unspecified atom stereocenters. The average Bonchev–Trinajstić information content (AvgIpc) is 2.79. The van der Waals surface area contributed by atoms with Crippen molar-refractivity contribution in [1.82, 2.24) is 15.0 Å². The number of aryl methyl sites for hydroxylation is 2. The van der Waals surface area contributed by atoms with Crippen molar-refractivity contribution in [1.29, 1.82) is 0 Å². The second-order valence-electron chi connectivity index (χ2n) is 4.70. The molecule has 0 atom stereocenters. The summed E-state index contributed by atoms with van der Waals surface area (Å²) in [4.78, 5) is 15.8. The number of sulfonamides is 1. The maximum Gasteiger partial charge on any atom is 0.328 e. The first kappa shape index (κ1) is 16.4. The summed E-state index contributed by atoms with van der Waals surface area (Å²) in [5, 5.41) is 3.18. The number of hydrogen-bond donors (Lipinski definition) is 2. The molecule has 6 nitrogen and oxygen atoms in total. The average molecular weight is 339 g/mol. The molecule has 0 aliphatic rings. The van der Waals surface area contributed by atoms with Gasteiger partial charge in [0, 0.05) is 6.54 Å². The highest BCUT2D eigenvalue weighted by Crippen LogP contribution is 2.22. The van der Waals surface area contributed by atoms with Crippen LogP contribution in [0, 0.1) is 13.8 Å². The van der Waals surface area contributed by atoms with Gasteiger partial charge < -0.3 is 5.32 Å². The van der Waals surface area contributed by atoms with E-state index in [0.29, 0.717) is 23.7 Å². The van der Waals surface area contributed by atoms with Crippen LogP contribution in [-0.4, -0.2) is 26.0 Å². The molecule has 2 rings (SSSR count). The Morgan fingerprint density at radius 1 is 1.23 bits per heavy atom. The first-order valence-electron chi connectivity index (χ1n) is 6.67. The maximum atomic E-state index is 12.1. The van der Waals surface area contributed by atoms with Crippen LogP contribution in [0.15, 0.2) is 34.5 Å². The number of hydrogen-bond acceptors (Lipinski definition) is 5. The molecule has 0 spiro atoms. The molecule has 0 fully saturated rings. The summed E-state index contributed by atoms with van der Waals surface area (Å²) in [6.07, 6.45) is 0.632. The van der Waals surface area contributed by atoms with Crippen molar-refractivity contribution >= 4 is 27.4 Å². The van der Waals surface area contributed by atoms with Crippen LogP contribution in [0.5, 0.6) is 0 Å². The van der Waals surface area contributed by atoms with Gasteiger partial charge in [0.15, 0.2) is 4.21 Å². The first-order valence-corrected chi connectivity index (χ1v) is 8.97. The summed E-state index contributed by atoms with van der Waals surface area (Å²) in [6.45, 7) is 3.67.